The van der Waals surface area contributed by atoms with Crippen LogP contribution in [0.2, 0.25) is 0 Å². The second-order valence-electron chi connectivity index (χ2n) is 6.28. The van der Waals surface area contributed by atoms with Crippen molar-refractivity contribution in [1.82, 2.24) is 10.1 Å². The zero-order valence-electron chi connectivity index (χ0n) is 12.9. The number of ether oxygens (including phenoxy) is 1. The first-order valence-electron chi connectivity index (χ1n) is 7.70. The summed E-state index contributed by atoms with van der Waals surface area (Å²) in [4.78, 5) is 4.62. The van der Waals surface area contributed by atoms with E-state index in [9.17, 15) is 0 Å². The minimum absolute atomic E-state index is 0.147. The molecule has 1 saturated carbocycles. The first-order chi connectivity index (χ1) is 9.61. The Morgan fingerprint density at radius 1 is 1.30 bits per heavy atom. The molecular weight excluding hydrogens is 254 g/mol. The summed E-state index contributed by atoms with van der Waals surface area (Å²) >= 11 is 0. The van der Waals surface area contributed by atoms with Gasteiger partial charge in [0.15, 0.2) is 0 Å². The first kappa shape index (κ1) is 15.4. The molecule has 1 aromatic rings. The van der Waals surface area contributed by atoms with Crippen molar-refractivity contribution in [2.24, 2.45) is 11.7 Å². The van der Waals surface area contributed by atoms with Gasteiger partial charge >= 0.3 is 0 Å². The minimum atomic E-state index is -0.350. The SMILES string of the molecule is COC1(c2noc(C(CN)CC(C)C)n2)CCCCC1. The van der Waals surface area contributed by atoms with E-state index in [0.29, 0.717) is 24.2 Å². The van der Waals surface area contributed by atoms with Crippen molar-refractivity contribution >= 4 is 0 Å². The Morgan fingerprint density at radius 2 is 2.00 bits per heavy atom. The van der Waals surface area contributed by atoms with Crippen LogP contribution in [0.3, 0.4) is 0 Å². The maximum absolute atomic E-state index is 5.85. The summed E-state index contributed by atoms with van der Waals surface area (Å²) in [6.07, 6.45) is 6.49. The van der Waals surface area contributed by atoms with Crippen LogP contribution < -0.4 is 5.73 Å². The highest BCUT2D eigenvalue weighted by atomic mass is 16.5. The molecule has 0 radical (unpaired) electrons. The molecule has 0 saturated heterocycles. The summed E-state index contributed by atoms with van der Waals surface area (Å²) in [5, 5.41) is 4.19. The van der Waals surface area contributed by atoms with Crippen molar-refractivity contribution in [3.05, 3.63) is 11.7 Å². The molecule has 1 atom stereocenters. The van der Waals surface area contributed by atoms with Gasteiger partial charge in [0.05, 0.1) is 5.92 Å². The normalized spacial score (nSPS) is 20.2. The Labute approximate surface area is 121 Å². The zero-order chi connectivity index (χ0) is 14.6. The van der Waals surface area contributed by atoms with Gasteiger partial charge in [-0.05, 0) is 25.2 Å². The van der Waals surface area contributed by atoms with Crippen LogP contribution in [0.1, 0.15) is 70.0 Å². The molecule has 1 unspecified atom stereocenters. The average molecular weight is 281 g/mol. The molecule has 2 N–H and O–H groups in total. The monoisotopic (exact) mass is 281 g/mol. The van der Waals surface area contributed by atoms with Crippen molar-refractivity contribution in [2.75, 3.05) is 13.7 Å². The highest BCUT2D eigenvalue weighted by molar-refractivity contribution is 5.05. The molecule has 1 heterocycles. The lowest BCUT2D eigenvalue weighted by Gasteiger charge is -2.32. The van der Waals surface area contributed by atoms with E-state index in [1.165, 1.54) is 6.42 Å². The summed E-state index contributed by atoms with van der Waals surface area (Å²) in [6.45, 7) is 4.90. The molecule has 0 bridgehead atoms. The van der Waals surface area contributed by atoms with E-state index >= 15 is 0 Å². The van der Waals surface area contributed by atoms with Crippen molar-refractivity contribution in [2.45, 2.75) is 63.9 Å². The van der Waals surface area contributed by atoms with Gasteiger partial charge in [0.25, 0.3) is 0 Å². The Hall–Kier alpha value is -0.940. The van der Waals surface area contributed by atoms with Gasteiger partial charge in [-0.25, -0.2) is 0 Å². The molecule has 0 aromatic carbocycles. The molecule has 2 rings (SSSR count). The van der Waals surface area contributed by atoms with Crippen LogP contribution in [0.25, 0.3) is 0 Å². The molecule has 114 valence electrons. The standard InChI is InChI=1S/C15H27N3O2/c1-11(2)9-12(10-16)13-17-14(18-20-13)15(19-3)7-5-4-6-8-15/h11-12H,4-10,16H2,1-3H3. The fraction of sp³-hybridized carbons (Fsp3) is 0.867. The van der Waals surface area contributed by atoms with Crippen LogP contribution in [0, 0.1) is 5.92 Å². The summed E-state index contributed by atoms with van der Waals surface area (Å²) in [5.41, 5.74) is 5.50. The van der Waals surface area contributed by atoms with Gasteiger partial charge < -0.3 is 15.0 Å². The van der Waals surface area contributed by atoms with E-state index in [1.807, 2.05) is 0 Å². The van der Waals surface area contributed by atoms with E-state index in [-0.39, 0.29) is 11.5 Å². The second kappa shape index (κ2) is 6.68. The van der Waals surface area contributed by atoms with E-state index in [2.05, 4.69) is 24.0 Å². The Balaban J connectivity index is 2.18. The van der Waals surface area contributed by atoms with Gasteiger partial charge in [-0.2, -0.15) is 4.98 Å². The first-order valence-corrected chi connectivity index (χ1v) is 7.70. The molecule has 1 aliphatic carbocycles. The second-order valence-corrected chi connectivity index (χ2v) is 6.28. The van der Waals surface area contributed by atoms with Crippen LogP contribution in [0.5, 0.6) is 0 Å². The minimum Gasteiger partial charge on any atom is -0.370 e. The van der Waals surface area contributed by atoms with E-state index in [4.69, 9.17) is 15.0 Å². The lowest BCUT2D eigenvalue weighted by molar-refractivity contribution is -0.0527. The molecule has 20 heavy (non-hydrogen) atoms. The molecule has 0 spiro atoms. The molecular formula is C15H27N3O2. The summed E-state index contributed by atoms with van der Waals surface area (Å²) < 4.78 is 11.2. The quantitative estimate of drug-likeness (QED) is 0.867. The summed E-state index contributed by atoms with van der Waals surface area (Å²) in [5.74, 6) is 2.08. The van der Waals surface area contributed by atoms with E-state index < -0.39 is 0 Å². The lowest BCUT2D eigenvalue weighted by atomic mass is 9.84. The van der Waals surface area contributed by atoms with Gasteiger partial charge in [-0.15, -0.1) is 0 Å². The van der Waals surface area contributed by atoms with Gasteiger partial charge in [-0.1, -0.05) is 38.3 Å². The van der Waals surface area contributed by atoms with Crippen LogP contribution in [0.15, 0.2) is 4.52 Å². The number of aromatic nitrogens is 2. The lowest BCUT2D eigenvalue weighted by Crippen LogP contribution is -2.32. The third kappa shape index (κ3) is 3.20. The predicted octanol–water partition coefficient (Wildman–Crippen LogP) is 2.96. The number of hydrogen-bond donors (Lipinski definition) is 1. The topological polar surface area (TPSA) is 74.2 Å². The molecule has 5 nitrogen and oxygen atoms in total. The van der Waals surface area contributed by atoms with Crippen molar-refractivity contribution in [3.8, 4) is 0 Å². The number of nitrogens with two attached hydrogens (primary N) is 1. The molecule has 0 aliphatic heterocycles. The third-order valence-electron chi connectivity index (χ3n) is 4.29. The van der Waals surface area contributed by atoms with Crippen LogP contribution in [-0.2, 0) is 10.3 Å². The predicted molar refractivity (Wildman–Crippen MR) is 77.3 cm³/mol. The maximum atomic E-state index is 5.85. The van der Waals surface area contributed by atoms with Crippen molar-refractivity contribution < 1.29 is 9.26 Å². The largest absolute Gasteiger partial charge is 0.370 e. The smallest absolute Gasteiger partial charge is 0.231 e. The highest BCUT2D eigenvalue weighted by Crippen LogP contribution is 2.39. The number of rotatable bonds is 6. The molecule has 1 aliphatic rings. The Kier molecular flexibility index (Phi) is 5.16. The zero-order valence-corrected chi connectivity index (χ0v) is 12.9. The maximum Gasteiger partial charge on any atom is 0.231 e. The number of methoxy groups -OCH3 is 1. The van der Waals surface area contributed by atoms with Gasteiger partial charge in [-0.3, -0.25) is 0 Å². The molecule has 1 fully saturated rings. The van der Waals surface area contributed by atoms with Crippen molar-refractivity contribution in [3.63, 3.8) is 0 Å². The summed E-state index contributed by atoms with van der Waals surface area (Å²) in [6, 6.07) is 0. The Morgan fingerprint density at radius 3 is 2.55 bits per heavy atom. The number of nitrogens with zero attached hydrogens (tertiary/aromatic N) is 2. The van der Waals surface area contributed by atoms with E-state index in [1.54, 1.807) is 7.11 Å². The fourth-order valence-electron chi connectivity index (χ4n) is 3.09. The Bertz CT molecular complexity index is 411. The molecule has 5 heteroatoms. The van der Waals surface area contributed by atoms with Crippen LogP contribution in [0.4, 0.5) is 0 Å². The molecule has 1 aromatic heterocycles. The van der Waals surface area contributed by atoms with Crippen LogP contribution in [-0.4, -0.2) is 23.8 Å². The van der Waals surface area contributed by atoms with Gasteiger partial charge in [0.2, 0.25) is 11.7 Å². The van der Waals surface area contributed by atoms with Gasteiger partial charge in [0.1, 0.15) is 5.60 Å². The average Bonchev–Trinajstić information content (AvgIpc) is 2.95. The van der Waals surface area contributed by atoms with Crippen LogP contribution >= 0.6 is 0 Å². The fourth-order valence-corrected chi connectivity index (χ4v) is 3.09. The van der Waals surface area contributed by atoms with Crippen molar-refractivity contribution in [1.29, 1.82) is 0 Å². The van der Waals surface area contributed by atoms with Gasteiger partial charge in [0, 0.05) is 13.7 Å². The van der Waals surface area contributed by atoms with E-state index in [0.717, 1.165) is 32.1 Å². The summed E-state index contributed by atoms with van der Waals surface area (Å²) in [7, 11) is 1.75. The third-order valence-corrected chi connectivity index (χ3v) is 4.29. The number of hydrogen-bond acceptors (Lipinski definition) is 5. The molecule has 0 amide bonds. The highest BCUT2D eigenvalue weighted by Gasteiger charge is 2.39.